The first kappa shape index (κ1) is 12.1. The van der Waals surface area contributed by atoms with Crippen LogP contribution in [0.15, 0.2) is 48.8 Å². The van der Waals surface area contributed by atoms with Crippen molar-refractivity contribution in [2.75, 3.05) is 12.4 Å². The minimum atomic E-state index is -0.323. The quantitative estimate of drug-likeness (QED) is 0.837. The average Bonchev–Trinajstić information content (AvgIpc) is 2.46. The molecule has 0 spiro atoms. The molecule has 1 N–H and O–H groups in total. The van der Waals surface area contributed by atoms with Crippen molar-refractivity contribution in [3.05, 3.63) is 59.9 Å². The van der Waals surface area contributed by atoms with Gasteiger partial charge in [0.2, 0.25) is 0 Å². The minimum absolute atomic E-state index is 0.323. The lowest BCUT2D eigenvalue weighted by Crippen LogP contribution is -2.02. The Kier molecular flexibility index (Phi) is 3.91. The Morgan fingerprint density at radius 2 is 1.83 bits per heavy atom. The van der Waals surface area contributed by atoms with Crippen LogP contribution < -0.4 is 5.32 Å². The third-order valence-corrected chi connectivity index (χ3v) is 2.55. The molecule has 92 valence electrons. The molecule has 0 fully saturated rings. The lowest BCUT2D eigenvalue weighted by atomic mass is 10.2. The molecule has 0 amide bonds. The van der Waals surface area contributed by atoms with Crippen molar-refractivity contribution in [2.24, 2.45) is 0 Å². The number of nitrogens with one attached hydrogen (secondary N) is 1. The maximum absolute atomic E-state index is 11.3. The van der Waals surface area contributed by atoms with Crippen LogP contribution >= 0.6 is 0 Å². The fraction of sp³-hybridized carbons (Fsp3) is 0.143. The van der Waals surface area contributed by atoms with Crippen molar-refractivity contribution in [2.45, 2.75) is 6.54 Å². The van der Waals surface area contributed by atoms with Crippen molar-refractivity contribution in [3.8, 4) is 0 Å². The van der Waals surface area contributed by atoms with E-state index in [0.717, 1.165) is 17.8 Å². The Morgan fingerprint density at radius 3 is 2.44 bits per heavy atom. The zero-order valence-electron chi connectivity index (χ0n) is 10.1. The molecule has 1 aromatic carbocycles. The zero-order chi connectivity index (χ0) is 12.8. The summed E-state index contributed by atoms with van der Waals surface area (Å²) in [6.07, 6.45) is 3.52. The SMILES string of the molecule is COC(=O)c1ccc(NCc2ccncc2)cc1. The number of esters is 1. The van der Waals surface area contributed by atoms with Gasteiger partial charge in [-0.25, -0.2) is 4.79 Å². The maximum atomic E-state index is 11.3. The summed E-state index contributed by atoms with van der Waals surface area (Å²) in [7, 11) is 1.37. The number of hydrogen-bond acceptors (Lipinski definition) is 4. The summed E-state index contributed by atoms with van der Waals surface area (Å²) in [5, 5.41) is 3.27. The summed E-state index contributed by atoms with van der Waals surface area (Å²) in [5.41, 5.74) is 2.66. The standard InChI is InChI=1S/C14H14N2O2/c1-18-14(17)12-2-4-13(5-3-12)16-10-11-6-8-15-9-7-11/h2-9,16H,10H2,1H3. The number of carbonyl (C=O) groups excluding carboxylic acids is 1. The fourth-order valence-electron chi connectivity index (χ4n) is 1.55. The van der Waals surface area contributed by atoms with Gasteiger partial charge >= 0.3 is 5.97 Å². The summed E-state index contributed by atoms with van der Waals surface area (Å²) in [5.74, 6) is -0.323. The molecule has 0 saturated carbocycles. The van der Waals surface area contributed by atoms with Gasteiger partial charge in [-0.05, 0) is 42.0 Å². The fourth-order valence-corrected chi connectivity index (χ4v) is 1.55. The Bertz CT molecular complexity index is 509. The van der Waals surface area contributed by atoms with E-state index in [2.05, 4.69) is 15.0 Å². The van der Waals surface area contributed by atoms with Gasteiger partial charge in [0.05, 0.1) is 12.7 Å². The summed E-state index contributed by atoms with van der Waals surface area (Å²) in [4.78, 5) is 15.2. The van der Waals surface area contributed by atoms with Crippen LogP contribution in [0, 0.1) is 0 Å². The Morgan fingerprint density at radius 1 is 1.17 bits per heavy atom. The highest BCUT2D eigenvalue weighted by molar-refractivity contribution is 5.89. The van der Waals surface area contributed by atoms with E-state index in [-0.39, 0.29) is 5.97 Å². The van der Waals surface area contributed by atoms with Crippen LogP contribution in [0.5, 0.6) is 0 Å². The predicted octanol–water partition coefficient (Wildman–Crippen LogP) is 2.48. The molecule has 0 saturated heterocycles. The zero-order valence-corrected chi connectivity index (χ0v) is 10.1. The summed E-state index contributed by atoms with van der Waals surface area (Å²) < 4.78 is 4.64. The number of nitrogens with zero attached hydrogens (tertiary/aromatic N) is 1. The lowest BCUT2D eigenvalue weighted by molar-refractivity contribution is 0.0601. The first-order chi connectivity index (χ1) is 8.79. The number of pyridine rings is 1. The Balaban J connectivity index is 1.97. The van der Waals surface area contributed by atoms with Gasteiger partial charge < -0.3 is 10.1 Å². The number of anilines is 1. The number of benzene rings is 1. The Labute approximate surface area is 106 Å². The summed E-state index contributed by atoms with van der Waals surface area (Å²) in [6.45, 7) is 0.722. The van der Waals surface area contributed by atoms with Gasteiger partial charge in [0, 0.05) is 24.6 Å². The van der Waals surface area contributed by atoms with Gasteiger partial charge in [0.25, 0.3) is 0 Å². The van der Waals surface area contributed by atoms with E-state index < -0.39 is 0 Å². The van der Waals surface area contributed by atoms with Crippen molar-refractivity contribution in [1.29, 1.82) is 0 Å². The molecule has 0 atom stereocenters. The maximum Gasteiger partial charge on any atom is 0.337 e. The number of ether oxygens (including phenoxy) is 1. The monoisotopic (exact) mass is 242 g/mol. The molecule has 0 unspecified atom stereocenters. The van der Waals surface area contributed by atoms with E-state index >= 15 is 0 Å². The summed E-state index contributed by atoms with van der Waals surface area (Å²) in [6, 6.07) is 11.1. The van der Waals surface area contributed by atoms with E-state index in [0.29, 0.717) is 5.56 Å². The number of hydrogen-bond donors (Lipinski definition) is 1. The molecule has 1 heterocycles. The molecule has 2 rings (SSSR count). The van der Waals surface area contributed by atoms with E-state index in [9.17, 15) is 4.79 Å². The van der Waals surface area contributed by atoms with E-state index in [1.807, 2.05) is 24.3 Å². The van der Waals surface area contributed by atoms with Crippen molar-refractivity contribution >= 4 is 11.7 Å². The van der Waals surface area contributed by atoms with Crippen molar-refractivity contribution in [1.82, 2.24) is 4.98 Å². The van der Waals surface area contributed by atoms with E-state index in [1.165, 1.54) is 7.11 Å². The molecule has 0 aliphatic rings. The van der Waals surface area contributed by atoms with Crippen LogP contribution in [0.2, 0.25) is 0 Å². The molecule has 4 nitrogen and oxygen atoms in total. The van der Waals surface area contributed by atoms with Crippen LogP contribution in [0.25, 0.3) is 0 Å². The van der Waals surface area contributed by atoms with E-state index in [4.69, 9.17) is 0 Å². The van der Waals surface area contributed by atoms with Crippen LogP contribution in [0.1, 0.15) is 15.9 Å². The molecule has 0 aliphatic heterocycles. The number of methoxy groups -OCH3 is 1. The lowest BCUT2D eigenvalue weighted by Gasteiger charge is -2.06. The second kappa shape index (κ2) is 5.82. The smallest absolute Gasteiger partial charge is 0.337 e. The highest BCUT2D eigenvalue weighted by Gasteiger charge is 2.03. The molecule has 2 aromatic rings. The molecular weight excluding hydrogens is 228 g/mol. The third-order valence-electron chi connectivity index (χ3n) is 2.55. The first-order valence-electron chi connectivity index (χ1n) is 5.61. The first-order valence-corrected chi connectivity index (χ1v) is 5.61. The number of rotatable bonds is 4. The van der Waals surface area contributed by atoms with Crippen LogP contribution in [-0.2, 0) is 11.3 Å². The molecular formula is C14H14N2O2. The van der Waals surface area contributed by atoms with E-state index in [1.54, 1.807) is 24.5 Å². The number of carbonyl (C=O) groups is 1. The van der Waals surface area contributed by atoms with Crippen LogP contribution in [-0.4, -0.2) is 18.1 Å². The largest absolute Gasteiger partial charge is 0.465 e. The number of aromatic nitrogens is 1. The highest BCUT2D eigenvalue weighted by Crippen LogP contribution is 2.11. The third kappa shape index (κ3) is 3.07. The second-order valence-corrected chi connectivity index (χ2v) is 3.78. The van der Waals surface area contributed by atoms with Crippen molar-refractivity contribution in [3.63, 3.8) is 0 Å². The molecule has 18 heavy (non-hydrogen) atoms. The molecule has 0 aliphatic carbocycles. The van der Waals surface area contributed by atoms with Gasteiger partial charge in [-0.1, -0.05) is 0 Å². The highest BCUT2D eigenvalue weighted by atomic mass is 16.5. The van der Waals surface area contributed by atoms with Crippen LogP contribution in [0.4, 0.5) is 5.69 Å². The molecule has 0 bridgehead atoms. The molecule has 4 heteroatoms. The normalized spacial score (nSPS) is 9.83. The van der Waals surface area contributed by atoms with Gasteiger partial charge in [-0.3, -0.25) is 4.98 Å². The van der Waals surface area contributed by atoms with Gasteiger partial charge in [-0.2, -0.15) is 0 Å². The average molecular weight is 242 g/mol. The molecule has 1 aromatic heterocycles. The van der Waals surface area contributed by atoms with Crippen LogP contribution in [0.3, 0.4) is 0 Å². The second-order valence-electron chi connectivity index (χ2n) is 3.78. The minimum Gasteiger partial charge on any atom is -0.465 e. The Hall–Kier alpha value is -2.36. The summed E-state index contributed by atoms with van der Waals surface area (Å²) >= 11 is 0. The predicted molar refractivity (Wildman–Crippen MR) is 69.3 cm³/mol. The topological polar surface area (TPSA) is 51.2 Å². The van der Waals surface area contributed by atoms with Gasteiger partial charge in [-0.15, -0.1) is 0 Å². The van der Waals surface area contributed by atoms with Gasteiger partial charge in [0.15, 0.2) is 0 Å². The molecule has 0 radical (unpaired) electrons. The van der Waals surface area contributed by atoms with Crippen molar-refractivity contribution < 1.29 is 9.53 Å². The van der Waals surface area contributed by atoms with Gasteiger partial charge in [0.1, 0.15) is 0 Å².